The van der Waals surface area contributed by atoms with Crippen molar-refractivity contribution in [2.75, 3.05) is 11.5 Å². The summed E-state index contributed by atoms with van der Waals surface area (Å²) < 4.78 is 1.75. The fourth-order valence-electron chi connectivity index (χ4n) is 3.71. The van der Waals surface area contributed by atoms with Crippen molar-refractivity contribution < 1.29 is 9.90 Å². The van der Waals surface area contributed by atoms with Crippen LogP contribution in [0.5, 0.6) is 5.75 Å². The molecule has 9 heteroatoms. The number of anilines is 2. The van der Waals surface area contributed by atoms with Crippen LogP contribution in [0, 0.1) is 27.7 Å². The number of aromatic hydroxyl groups is 1. The predicted octanol–water partition coefficient (Wildman–Crippen LogP) is 3.52. The van der Waals surface area contributed by atoms with Crippen LogP contribution >= 0.6 is 11.3 Å². The van der Waals surface area contributed by atoms with Crippen LogP contribution in [0.1, 0.15) is 38.4 Å². The molecule has 0 fully saturated rings. The van der Waals surface area contributed by atoms with Gasteiger partial charge < -0.3 is 21.9 Å². The molecule has 1 aromatic carbocycles. The van der Waals surface area contributed by atoms with Gasteiger partial charge in [0.15, 0.2) is 5.13 Å². The largest absolute Gasteiger partial charge is 0.508 e. The Bertz CT molecular complexity index is 1340. The van der Waals surface area contributed by atoms with Crippen molar-refractivity contribution in [3.8, 4) is 11.4 Å². The number of nitrogens with zero attached hydrogens (tertiary/aromatic N) is 3. The zero-order valence-electron chi connectivity index (χ0n) is 17.8. The molecule has 160 valence electrons. The smallest absolute Gasteiger partial charge is 0.256 e. The fourth-order valence-corrected chi connectivity index (χ4v) is 4.27. The van der Waals surface area contributed by atoms with Gasteiger partial charge in [0.25, 0.3) is 5.91 Å². The quantitative estimate of drug-likeness (QED) is 0.387. The van der Waals surface area contributed by atoms with Gasteiger partial charge in [0.1, 0.15) is 17.2 Å². The molecule has 6 N–H and O–H groups in total. The Morgan fingerprint density at radius 1 is 1.16 bits per heavy atom. The molecule has 1 amide bonds. The molecule has 31 heavy (non-hydrogen) atoms. The summed E-state index contributed by atoms with van der Waals surface area (Å²) in [6.07, 6.45) is 0. The second kappa shape index (κ2) is 7.59. The summed E-state index contributed by atoms with van der Waals surface area (Å²) in [7, 11) is 0. The molecule has 0 radical (unpaired) electrons. The van der Waals surface area contributed by atoms with Crippen LogP contribution in [-0.2, 0) is 6.54 Å². The maximum Gasteiger partial charge on any atom is 0.256 e. The number of phenols is 1. The first-order chi connectivity index (χ1) is 14.7. The monoisotopic (exact) mass is 436 g/mol. The van der Waals surface area contributed by atoms with E-state index in [1.54, 1.807) is 16.0 Å². The van der Waals surface area contributed by atoms with Gasteiger partial charge in [0.2, 0.25) is 0 Å². The van der Waals surface area contributed by atoms with Gasteiger partial charge >= 0.3 is 0 Å². The number of carbonyl (C=O) groups excluding carboxylic acids is 1. The minimum Gasteiger partial charge on any atom is -0.508 e. The summed E-state index contributed by atoms with van der Waals surface area (Å²) in [6.45, 7) is 7.84. The topological polar surface area (TPSA) is 132 Å². The number of carbonyl (C=O) groups is 1. The van der Waals surface area contributed by atoms with E-state index in [0.29, 0.717) is 38.7 Å². The van der Waals surface area contributed by atoms with Gasteiger partial charge in [0, 0.05) is 22.0 Å². The number of pyridine rings is 1. The number of hydrogen-bond acceptors (Lipinski definition) is 7. The van der Waals surface area contributed by atoms with E-state index in [1.165, 1.54) is 11.3 Å². The minimum absolute atomic E-state index is 0.151. The van der Waals surface area contributed by atoms with Crippen molar-refractivity contribution in [3.63, 3.8) is 0 Å². The standard InChI is InChI=1S/C22H24N6O2S/c1-10-5-6-16(29)12(3)18(10)28-19(23)17(15-7-11(2)13(4)26-20(15)28)21(30)25-8-14-9-31-22(24)27-14/h5-7,9,29H,8,23H2,1-4H3,(H2,24,27)(H,25,30). The Morgan fingerprint density at radius 3 is 2.58 bits per heavy atom. The van der Waals surface area contributed by atoms with E-state index in [0.717, 1.165) is 16.8 Å². The molecule has 4 aromatic rings. The van der Waals surface area contributed by atoms with E-state index in [9.17, 15) is 9.90 Å². The highest BCUT2D eigenvalue weighted by atomic mass is 32.1. The first kappa shape index (κ1) is 20.7. The van der Waals surface area contributed by atoms with E-state index < -0.39 is 0 Å². The summed E-state index contributed by atoms with van der Waals surface area (Å²) in [4.78, 5) is 22.1. The molecule has 0 aliphatic carbocycles. The molecule has 0 aliphatic heterocycles. The lowest BCUT2D eigenvalue weighted by Crippen LogP contribution is -2.24. The molecule has 3 heterocycles. The van der Waals surface area contributed by atoms with Crippen molar-refractivity contribution in [3.05, 3.63) is 57.2 Å². The van der Waals surface area contributed by atoms with E-state index >= 15 is 0 Å². The molecule has 0 aliphatic rings. The molecule has 4 rings (SSSR count). The molecule has 0 bridgehead atoms. The van der Waals surface area contributed by atoms with Gasteiger partial charge in [-0.05, 0) is 51.0 Å². The molecular formula is C22H24N6O2S. The lowest BCUT2D eigenvalue weighted by Gasteiger charge is -2.15. The molecule has 0 spiro atoms. The van der Waals surface area contributed by atoms with Crippen LogP contribution < -0.4 is 16.8 Å². The highest BCUT2D eigenvalue weighted by Crippen LogP contribution is 2.36. The predicted molar refractivity (Wildman–Crippen MR) is 124 cm³/mol. The summed E-state index contributed by atoms with van der Waals surface area (Å²) in [5.74, 6) is 0.0886. The molecule has 0 saturated carbocycles. The van der Waals surface area contributed by atoms with Crippen LogP contribution in [0.15, 0.2) is 23.6 Å². The number of thiazole rings is 1. The Hall–Kier alpha value is -3.59. The van der Waals surface area contributed by atoms with Gasteiger partial charge in [0.05, 0.1) is 23.5 Å². The molecule has 0 saturated heterocycles. The van der Waals surface area contributed by atoms with Gasteiger partial charge in [-0.15, -0.1) is 11.3 Å². The fraction of sp³-hybridized carbons (Fsp3) is 0.227. The first-order valence-electron chi connectivity index (χ1n) is 9.74. The highest BCUT2D eigenvalue weighted by molar-refractivity contribution is 7.13. The number of nitrogens with two attached hydrogens (primary N) is 2. The number of nitrogen functional groups attached to an aromatic ring is 2. The van der Waals surface area contributed by atoms with Gasteiger partial charge in [-0.3, -0.25) is 9.36 Å². The Morgan fingerprint density at radius 2 is 1.90 bits per heavy atom. The molecule has 0 unspecified atom stereocenters. The number of nitrogens with one attached hydrogen (secondary N) is 1. The normalized spacial score (nSPS) is 11.2. The third-order valence-corrected chi connectivity index (χ3v) is 6.20. The summed E-state index contributed by atoms with van der Waals surface area (Å²) >= 11 is 1.32. The van der Waals surface area contributed by atoms with Crippen molar-refractivity contribution >= 4 is 39.2 Å². The Labute approximate surface area is 183 Å². The number of rotatable bonds is 4. The number of aromatic nitrogens is 3. The van der Waals surface area contributed by atoms with Gasteiger partial charge in [-0.25, -0.2) is 9.97 Å². The maximum atomic E-state index is 13.2. The zero-order chi connectivity index (χ0) is 22.4. The van der Waals surface area contributed by atoms with Gasteiger partial charge in [-0.2, -0.15) is 0 Å². The summed E-state index contributed by atoms with van der Waals surface area (Å²) in [5, 5.41) is 16.1. The first-order valence-corrected chi connectivity index (χ1v) is 10.6. The average molecular weight is 437 g/mol. The molecular weight excluding hydrogens is 412 g/mol. The second-order valence-corrected chi connectivity index (χ2v) is 8.48. The number of phenolic OH excluding ortho intramolecular Hbond substituents is 1. The van der Waals surface area contributed by atoms with Crippen molar-refractivity contribution in [1.29, 1.82) is 0 Å². The van der Waals surface area contributed by atoms with Crippen LogP contribution in [0.4, 0.5) is 10.9 Å². The molecule has 3 aromatic heterocycles. The summed E-state index contributed by atoms with van der Waals surface area (Å²) in [5.41, 5.74) is 17.9. The van der Waals surface area contributed by atoms with Crippen molar-refractivity contribution in [2.45, 2.75) is 34.2 Å². The number of amides is 1. The van der Waals surface area contributed by atoms with E-state index in [-0.39, 0.29) is 24.0 Å². The number of hydrogen-bond donors (Lipinski definition) is 4. The van der Waals surface area contributed by atoms with Crippen molar-refractivity contribution in [1.82, 2.24) is 19.9 Å². The van der Waals surface area contributed by atoms with Gasteiger partial charge in [-0.1, -0.05) is 6.07 Å². The minimum atomic E-state index is -0.326. The lowest BCUT2D eigenvalue weighted by molar-refractivity contribution is 0.0953. The van der Waals surface area contributed by atoms with Crippen LogP contribution in [0.25, 0.3) is 16.7 Å². The third-order valence-electron chi connectivity index (χ3n) is 5.48. The Kier molecular flexibility index (Phi) is 5.06. The van der Waals surface area contributed by atoms with E-state index in [1.807, 2.05) is 39.8 Å². The molecule has 0 atom stereocenters. The maximum absolute atomic E-state index is 13.2. The second-order valence-electron chi connectivity index (χ2n) is 7.59. The highest BCUT2D eigenvalue weighted by Gasteiger charge is 2.25. The number of benzene rings is 1. The van der Waals surface area contributed by atoms with Crippen LogP contribution in [0.2, 0.25) is 0 Å². The summed E-state index contributed by atoms with van der Waals surface area (Å²) in [6, 6.07) is 5.39. The SMILES string of the molecule is Cc1cc2c(C(=O)NCc3csc(N)n3)c(N)n(-c3c(C)ccc(O)c3C)c2nc1C. The average Bonchev–Trinajstić information content (AvgIpc) is 3.25. The zero-order valence-corrected chi connectivity index (χ0v) is 18.6. The van der Waals surface area contributed by atoms with Crippen molar-refractivity contribution in [2.24, 2.45) is 0 Å². The lowest BCUT2D eigenvalue weighted by atomic mass is 10.1. The van der Waals surface area contributed by atoms with E-state index in [2.05, 4.69) is 10.3 Å². The number of fused-ring (bicyclic) bond motifs is 1. The third kappa shape index (κ3) is 3.46. The number of aryl methyl sites for hydroxylation is 3. The Balaban J connectivity index is 1.91. The van der Waals surface area contributed by atoms with E-state index in [4.69, 9.17) is 16.5 Å². The molecule has 8 nitrogen and oxygen atoms in total. The van der Waals surface area contributed by atoms with Crippen LogP contribution in [-0.4, -0.2) is 25.5 Å². The van der Waals surface area contributed by atoms with Crippen LogP contribution in [0.3, 0.4) is 0 Å².